The molecule has 0 aromatic heterocycles. The van der Waals surface area contributed by atoms with Crippen molar-refractivity contribution in [3.05, 3.63) is 41.2 Å². The number of benzene rings is 1. The molecule has 1 saturated carbocycles. The Kier molecular flexibility index (Phi) is 2.17. The molecule has 1 aliphatic carbocycles. The Balaban J connectivity index is 2.11. The van der Waals surface area contributed by atoms with E-state index in [1.165, 1.54) is 12.0 Å². The van der Waals surface area contributed by atoms with Gasteiger partial charge in [0.15, 0.2) is 0 Å². The first kappa shape index (κ1) is 9.08. The molecule has 1 fully saturated rings. The molecule has 1 aliphatic rings. The van der Waals surface area contributed by atoms with Gasteiger partial charge in [-0.2, -0.15) is 0 Å². The Morgan fingerprint density at radius 2 is 1.93 bits per heavy atom. The molecule has 0 spiro atoms. The molecule has 0 heterocycles. The summed E-state index contributed by atoms with van der Waals surface area (Å²) in [6.45, 7) is 9.23. The summed E-state index contributed by atoms with van der Waals surface area (Å²) in [6.07, 6.45) is 3.12. The highest BCUT2D eigenvalue weighted by molar-refractivity contribution is 5.48. The fourth-order valence-corrected chi connectivity index (χ4v) is 1.68. The minimum Gasteiger partial charge on any atom is -0.314 e. The second-order valence-corrected chi connectivity index (χ2v) is 3.99. The Hall–Kier alpha value is -1.49. The minimum atomic E-state index is -0.296. The van der Waals surface area contributed by atoms with E-state index in [4.69, 9.17) is 6.57 Å². The van der Waals surface area contributed by atoms with Gasteiger partial charge in [0.2, 0.25) is 0 Å². The average molecular weight is 186 g/mol. The maximum atomic E-state index is 7.16. The highest BCUT2D eigenvalue weighted by Crippen LogP contribution is 2.36. The van der Waals surface area contributed by atoms with E-state index in [9.17, 15) is 0 Å². The van der Waals surface area contributed by atoms with E-state index >= 15 is 0 Å². The molecule has 1 aromatic rings. The maximum Gasteiger partial charge on any atom is 0.305 e. The second kappa shape index (κ2) is 3.34. The molecule has 0 unspecified atom stereocenters. The number of hydrogen-bond acceptors (Lipinski definition) is 1. The van der Waals surface area contributed by atoms with E-state index in [1.807, 2.05) is 12.1 Å². The van der Waals surface area contributed by atoms with E-state index in [1.54, 1.807) is 0 Å². The Bertz CT molecular complexity index is 355. The van der Waals surface area contributed by atoms with Crippen LogP contribution in [-0.2, 0) is 0 Å². The van der Waals surface area contributed by atoms with Crippen molar-refractivity contribution in [1.29, 1.82) is 0 Å². The summed E-state index contributed by atoms with van der Waals surface area (Å²) < 4.78 is 0. The lowest BCUT2D eigenvalue weighted by Gasteiger charge is -2.31. The van der Waals surface area contributed by atoms with Gasteiger partial charge < -0.3 is 5.32 Å². The lowest BCUT2D eigenvalue weighted by Crippen LogP contribution is -2.41. The first-order chi connectivity index (χ1) is 6.74. The molecule has 0 amide bonds. The largest absolute Gasteiger partial charge is 0.314 e. The number of hydrogen-bond donors (Lipinski definition) is 1. The molecule has 2 nitrogen and oxygen atoms in total. The van der Waals surface area contributed by atoms with Gasteiger partial charge in [-0.15, -0.1) is 0 Å². The quantitative estimate of drug-likeness (QED) is 0.701. The van der Waals surface area contributed by atoms with Crippen LogP contribution in [0.4, 0.5) is 5.69 Å². The van der Waals surface area contributed by atoms with Gasteiger partial charge in [-0.25, -0.2) is 6.57 Å². The molecule has 0 radical (unpaired) electrons. The standard InChI is InChI=1S/C12H14N2/c1-10-4-6-11(7-5-10)14-12(13-2)8-3-9-12/h4-7,14H,3,8-9H2,1H3. The number of aryl methyl sites for hydroxylation is 1. The third-order valence-corrected chi connectivity index (χ3v) is 2.82. The van der Waals surface area contributed by atoms with Crippen LogP contribution < -0.4 is 5.32 Å². The van der Waals surface area contributed by atoms with Crippen molar-refractivity contribution in [2.45, 2.75) is 31.8 Å². The fraction of sp³-hybridized carbons (Fsp3) is 0.417. The van der Waals surface area contributed by atoms with Crippen molar-refractivity contribution in [3.8, 4) is 0 Å². The molecule has 2 rings (SSSR count). The normalized spacial score (nSPS) is 18.0. The van der Waals surface area contributed by atoms with Crippen LogP contribution in [0.1, 0.15) is 24.8 Å². The molecule has 2 heteroatoms. The van der Waals surface area contributed by atoms with Crippen LogP contribution >= 0.6 is 0 Å². The van der Waals surface area contributed by atoms with Gasteiger partial charge in [0.25, 0.3) is 0 Å². The lowest BCUT2D eigenvalue weighted by atomic mass is 9.85. The number of rotatable bonds is 2. The SMILES string of the molecule is [C-]#[N+]C1(Nc2ccc(C)cc2)CCC1. The molecule has 0 bridgehead atoms. The average Bonchev–Trinajstić information content (AvgIpc) is 2.15. The lowest BCUT2D eigenvalue weighted by molar-refractivity contribution is 0.343. The summed E-state index contributed by atoms with van der Waals surface area (Å²) >= 11 is 0. The Morgan fingerprint density at radius 3 is 2.36 bits per heavy atom. The second-order valence-electron chi connectivity index (χ2n) is 3.99. The summed E-state index contributed by atoms with van der Waals surface area (Å²) in [5.74, 6) is 0. The van der Waals surface area contributed by atoms with Crippen LogP contribution in [0.3, 0.4) is 0 Å². The van der Waals surface area contributed by atoms with Crippen molar-refractivity contribution < 1.29 is 0 Å². The van der Waals surface area contributed by atoms with E-state index in [0.29, 0.717) is 0 Å². The summed E-state index contributed by atoms with van der Waals surface area (Å²) in [5.41, 5.74) is 2.02. The van der Waals surface area contributed by atoms with Crippen LogP contribution in [-0.4, -0.2) is 5.66 Å². The zero-order valence-electron chi connectivity index (χ0n) is 8.38. The van der Waals surface area contributed by atoms with Crippen LogP contribution in [0.15, 0.2) is 24.3 Å². The van der Waals surface area contributed by atoms with Gasteiger partial charge in [0.1, 0.15) is 0 Å². The summed E-state index contributed by atoms with van der Waals surface area (Å²) in [5, 5.41) is 3.31. The molecular weight excluding hydrogens is 172 g/mol. The van der Waals surface area contributed by atoms with Crippen molar-refractivity contribution in [2.75, 3.05) is 5.32 Å². The fourth-order valence-electron chi connectivity index (χ4n) is 1.68. The monoisotopic (exact) mass is 186 g/mol. The van der Waals surface area contributed by atoms with E-state index < -0.39 is 0 Å². The smallest absolute Gasteiger partial charge is 0.305 e. The maximum absolute atomic E-state index is 7.16. The van der Waals surface area contributed by atoms with Crippen LogP contribution in [0, 0.1) is 13.5 Å². The third kappa shape index (κ3) is 1.58. The van der Waals surface area contributed by atoms with Crippen molar-refractivity contribution in [2.24, 2.45) is 0 Å². The van der Waals surface area contributed by atoms with E-state index in [-0.39, 0.29) is 5.66 Å². The molecular formula is C12H14N2. The van der Waals surface area contributed by atoms with Crippen LogP contribution in [0.2, 0.25) is 0 Å². The van der Waals surface area contributed by atoms with Crippen LogP contribution in [0.5, 0.6) is 0 Å². The van der Waals surface area contributed by atoms with Gasteiger partial charge in [-0.05, 0) is 25.5 Å². The highest BCUT2D eigenvalue weighted by Gasteiger charge is 2.43. The van der Waals surface area contributed by atoms with Gasteiger partial charge in [0.05, 0.1) is 0 Å². The number of nitrogens with zero attached hydrogens (tertiary/aromatic N) is 1. The number of nitrogens with one attached hydrogen (secondary N) is 1. The summed E-state index contributed by atoms with van der Waals surface area (Å²) in [4.78, 5) is 3.68. The predicted octanol–water partition coefficient (Wildman–Crippen LogP) is 3.21. The Morgan fingerprint density at radius 1 is 1.29 bits per heavy atom. The zero-order valence-corrected chi connectivity index (χ0v) is 8.38. The van der Waals surface area contributed by atoms with Gasteiger partial charge in [-0.3, -0.25) is 4.85 Å². The minimum absolute atomic E-state index is 0.296. The van der Waals surface area contributed by atoms with E-state index in [2.05, 4.69) is 29.2 Å². The van der Waals surface area contributed by atoms with Gasteiger partial charge in [0, 0.05) is 18.5 Å². The molecule has 1 N–H and O–H groups in total. The van der Waals surface area contributed by atoms with Crippen molar-refractivity contribution in [3.63, 3.8) is 0 Å². The third-order valence-electron chi connectivity index (χ3n) is 2.82. The predicted molar refractivity (Wildman–Crippen MR) is 58.0 cm³/mol. The molecule has 14 heavy (non-hydrogen) atoms. The number of anilines is 1. The Labute approximate surface area is 84.8 Å². The summed E-state index contributed by atoms with van der Waals surface area (Å²) in [6, 6.07) is 8.22. The molecule has 72 valence electrons. The topological polar surface area (TPSA) is 16.4 Å². The zero-order chi connectivity index (χ0) is 10.0. The van der Waals surface area contributed by atoms with Crippen LogP contribution in [0.25, 0.3) is 4.85 Å². The van der Waals surface area contributed by atoms with Gasteiger partial charge >= 0.3 is 5.66 Å². The van der Waals surface area contributed by atoms with Crippen molar-refractivity contribution in [1.82, 2.24) is 0 Å². The van der Waals surface area contributed by atoms with Gasteiger partial charge in [-0.1, -0.05) is 17.7 Å². The molecule has 0 saturated heterocycles. The molecule has 0 atom stereocenters. The highest BCUT2D eigenvalue weighted by atomic mass is 15.1. The first-order valence-corrected chi connectivity index (χ1v) is 4.98. The van der Waals surface area contributed by atoms with Crippen molar-refractivity contribution >= 4 is 5.69 Å². The molecule has 1 aromatic carbocycles. The molecule has 0 aliphatic heterocycles. The first-order valence-electron chi connectivity index (χ1n) is 4.98. The van der Waals surface area contributed by atoms with E-state index in [0.717, 1.165) is 18.5 Å². The summed E-state index contributed by atoms with van der Waals surface area (Å²) in [7, 11) is 0.